The molecule has 24 heavy (non-hydrogen) atoms. The van der Waals surface area contributed by atoms with Gasteiger partial charge in [0.05, 0.1) is 19.0 Å². The van der Waals surface area contributed by atoms with Crippen molar-refractivity contribution in [3.63, 3.8) is 0 Å². The number of fused-ring (bicyclic) bond motifs is 1. The average Bonchev–Trinajstić information content (AvgIpc) is 3.27. The van der Waals surface area contributed by atoms with E-state index in [1.165, 1.54) is 19.2 Å². The third-order valence-corrected chi connectivity index (χ3v) is 4.82. The molecule has 2 fully saturated rings. The molecule has 4 rings (SSSR count). The molecular weight excluding hydrogens is 314 g/mol. The van der Waals surface area contributed by atoms with E-state index >= 15 is 0 Å². The lowest BCUT2D eigenvalue weighted by molar-refractivity contribution is -0.0432. The predicted molar refractivity (Wildman–Crippen MR) is 85.6 cm³/mol. The highest BCUT2D eigenvalue weighted by atomic mass is 16.5. The highest BCUT2D eigenvalue weighted by molar-refractivity contribution is 5.70. The van der Waals surface area contributed by atoms with Crippen LogP contribution >= 0.6 is 0 Å². The van der Waals surface area contributed by atoms with Crippen molar-refractivity contribution in [2.45, 2.75) is 56.6 Å². The normalized spacial score (nSPS) is 28.0. The molecule has 1 aliphatic carbocycles. The summed E-state index contributed by atoms with van der Waals surface area (Å²) < 4.78 is 7.28. The predicted octanol–water partition coefficient (Wildman–Crippen LogP) is 0.115. The first-order chi connectivity index (χ1) is 11.7. The Labute approximate surface area is 137 Å². The molecule has 0 bridgehead atoms. The van der Waals surface area contributed by atoms with Crippen molar-refractivity contribution in [3.05, 3.63) is 16.7 Å². The monoisotopic (exact) mass is 335 g/mol. The quantitative estimate of drug-likeness (QED) is 0.625. The van der Waals surface area contributed by atoms with E-state index in [1.54, 1.807) is 4.57 Å². The van der Waals surface area contributed by atoms with Crippen molar-refractivity contribution in [1.82, 2.24) is 19.5 Å². The van der Waals surface area contributed by atoms with Crippen LogP contribution in [-0.4, -0.2) is 54.6 Å². The Morgan fingerprint density at radius 3 is 2.92 bits per heavy atom. The maximum Gasteiger partial charge on any atom is 0.280 e. The van der Waals surface area contributed by atoms with Crippen molar-refractivity contribution >= 4 is 17.1 Å². The molecule has 2 aromatic heterocycles. The van der Waals surface area contributed by atoms with E-state index in [2.05, 4.69) is 20.3 Å². The van der Waals surface area contributed by atoms with Gasteiger partial charge >= 0.3 is 0 Å². The zero-order chi connectivity index (χ0) is 16.7. The number of nitrogens with zero attached hydrogens (tertiary/aromatic N) is 3. The van der Waals surface area contributed by atoms with Crippen LogP contribution in [0.2, 0.25) is 0 Å². The maximum atomic E-state index is 12.2. The maximum absolute atomic E-state index is 12.2. The van der Waals surface area contributed by atoms with Gasteiger partial charge in [-0.15, -0.1) is 0 Å². The Kier molecular flexibility index (Phi) is 3.99. The van der Waals surface area contributed by atoms with Crippen molar-refractivity contribution in [2.24, 2.45) is 0 Å². The fourth-order valence-corrected chi connectivity index (χ4v) is 3.52. The molecule has 4 N–H and O–H groups in total. The number of nitrogens with one attached hydrogen (secondary N) is 2. The van der Waals surface area contributed by atoms with Gasteiger partial charge in [0.15, 0.2) is 11.2 Å². The highest BCUT2D eigenvalue weighted by Gasteiger charge is 2.35. The zero-order valence-electron chi connectivity index (χ0n) is 13.2. The summed E-state index contributed by atoms with van der Waals surface area (Å²) in [7, 11) is 0. The molecular formula is C15H21N5O4. The van der Waals surface area contributed by atoms with Crippen LogP contribution in [0.15, 0.2) is 11.1 Å². The molecule has 9 heteroatoms. The minimum atomic E-state index is -0.754. The summed E-state index contributed by atoms with van der Waals surface area (Å²) in [5.74, 6) is 0.429. The number of aliphatic hydroxyl groups excluding tert-OH is 2. The summed E-state index contributed by atoms with van der Waals surface area (Å²) in [5.41, 5.74) is 0.337. The molecule has 0 spiro atoms. The largest absolute Gasteiger partial charge is 0.394 e. The number of ether oxygens (including phenoxy) is 1. The summed E-state index contributed by atoms with van der Waals surface area (Å²) in [6.45, 7) is -0.257. The fraction of sp³-hybridized carbons (Fsp3) is 0.667. The third kappa shape index (κ3) is 2.68. The molecule has 2 aliphatic rings. The van der Waals surface area contributed by atoms with E-state index in [0.29, 0.717) is 24.1 Å². The topological polar surface area (TPSA) is 125 Å². The number of hydrogen-bond donors (Lipinski definition) is 4. The van der Waals surface area contributed by atoms with Gasteiger partial charge in [0.2, 0.25) is 5.95 Å². The molecule has 1 aliphatic heterocycles. The first-order valence-electron chi connectivity index (χ1n) is 8.33. The van der Waals surface area contributed by atoms with Gasteiger partial charge in [-0.1, -0.05) is 12.8 Å². The second kappa shape index (κ2) is 6.15. The average molecular weight is 335 g/mol. The fourth-order valence-electron chi connectivity index (χ4n) is 3.52. The van der Waals surface area contributed by atoms with Crippen LogP contribution in [0.3, 0.4) is 0 Å². The lowest BCUT2D eigenvalue weighted by Gasteiger charge is -2.15. The van der Waals surface area contributed by atoms with E-state index in [0.717, 1.165) is 12.8 Å². The lowest BCUT2D eigenvalue weighted by Crippen LogP contribution is -2.24. The van der Waals surface area contributed by atoms with Gasteiger partial charge in [0.25, 0.3) is 5.56 Å². The van der Waals surface area contributed by atoms with E-state index in [-0.39, 0.29) is 17.7 Å². The van der Waals surface area contributed by atoms with E-state index in [9.17, 15) is 15.0 Å². The molecule has 3 heterocycles. The standard InChI is InChI=1S/C15H21N5O4/c21-6-10-9(22)5-11(24-10)20-7-16-12-13(20)18-15(19-14(12)23)17-8-3-1-2-4-8/h7-11,21-22H,1-6H2,(H2,17,18,19,23)/t9?,10-,11-/m1/s1. The van der Waals surface area contributed by atoms with Crippen LogP contribution in [0.1, 0.15) is 38.3 Å². The van der Waals surface area contributed by atoms with Gasteiger partial charge in [-0.2, -0.15) is 4.98 Å². The molecule has 1 saturated heterocycles. The van der Waals surface area contributed by atoms with Crippen LogP contribution in [0.5, 0.6) is 0 Å². The van der Waals surface area contributed by atoms with E-state index in [4.69, 9.17) is 4.74 Å². The second-order valence-electron chi connectivity index (χ2n) is 6.48. The molecule has 0 aromatic carbocycles. The third-order valence-electron chi connectivity index (χ3n) is 4.82. The van der Waals surface area contributed by atoms with Crippen LogP contribution in [0.4, 0.5) is 5.95 Å². The number of H-pyrrole nitrogens is 1. The Hall–Kier alpha value is -1.97. The first kappa shape index (κ1) is 15.6. The lowest BCUT2D eigenvalue weighted by atomic mass is 10.2. The molecule has 1 unspecified atom stereocenters. The van der Waals surface area contributed by atoms with Gasteiger partial charge in [-0.3, -0.25) is 14.3 Å². The number of hydrogen-bond acceptors (Lipinski definition) is 7. The van der Waals surface area contributed by atoms with Crippen LogP contribution in [0.25, 0.3) is 11.2 Å². The minimum absolute atomic E-state index is 0.234. The number of rotatable bonds is 4. The summed E-state index contributed by atoms with van der Waals surface area (Å²) in [5, 5.41) is 22.4. The van der Waals surface area contributed by atoms with Gasteiger partial charge in [0.1, 0.15) is 12.3 Å². The van der Waals surface area contributed by atoms with Crippen molar-refractivity contribution < 1.29 is 14.9 Å². The van der Waals surface area contributed by atoms with Gasteiger partial charge in [-0.25, -0.2) is 4.98 Å². The molecule has 130 valence electrons. The first-order valence-corrected chi connectivity index (χ1v) is 8.33. The summed E-state index contributed by atoms with van der Waals surface area (Å²) in [4.78, 5) is 23.6. The Bertz CT molecular complexity index is 782. The van der Waals surface area contributed by atoms with Crippen LogP contribution < -0.4 is 10.9 Å². The molecule has 3 atom stereocenters. The molecule has 9 nitrogen and oxygen atoms in total. The van der Waals surface area contributed by atoms with Crippen molar-refractivity contribution in [1.29, 1.82) is 0 Å². The second-order valence-corrected chi connectivity index (χ2v) is 6.48. The van der Waals surface area contributed by atoms with Gasteiger partial charge < -0.3 is 20.3 Å². The Balaban J connectivity index is 1.66. The number of imidazole rings is 1. The smallest absolute Gasteiger partial charge is 0.280 e. The number of anilines is 1. The summed E-state index contributed by atoms with van der Waals surface area (Å²) in [6, 6.07) is 0.324. The summed E-state index contributed by atoms with van der Waals surface area (Å²) in [6.07, 6.45) is 4.40. The van der Waals surface area contributed by atoms with E-state index in [1.807, 2.05) is 0 Å². The number of aliphatic hydroxyl groups is 2. The molecule has 0 radical (unpaired) electrons. The van der Waals surface area contributed by atoms with E-state index < -0.39 is 18.4 Å². The highest BCUT2D eigenvalue weighted by Crippen LogP contribution is 2.30. The molecule has 1 saturated carbocycles. The van der Waals surface area contributed by atoms with Gasteiger partial charge in [-0.05, 0) is 12.8 Å². The minimum Gasteiger partial charge on any atom is -0.394 e. The van der Waals surface area contributed by atoms with Crippen molar-refractivity contribution in [2.75, 3.05) is 11.9 Å². The molecule has 0 amide bonds. The van der Waals surface area contributed by atoms with Crippen LogP contribution in [0, 0.1) is 0 Å². The zero-order valence-corrected chi connectivity index (χ0v) is 13.2. The number of aromatic nitrogens is 4. The summed E-state index contributed by atoms with van der Waals surface area (Å²) >= 11 is 0. The Morgan fingerprint density at radius 2 is 2.21 bits per heavy atom. The SMILES string of the molecule is O=c1[nH]c(NC2CCCC2)nc2c1ncn2[C@H]1CC(O)[C@@H](CO)O1. The van der Waals surface area contributed by atoms with Crippen LogP contribution in [-0.2, 0) is 4.74 Å². The Morgan fingerprint density at radius 1 is 1.42 bits per heavy atom. The number of aromatic amines is 1. The van der Waals surface area contributed by atoms with Crippen molar-refractivity contribution in [3.8, 4) is 0 Å². The molecule has 2 aromatic rings. The van der Waals surface area contributed by atoms with Gasteiger partial charge in [0, 0.05) is 12.5 Å².